The Morgan fingerprint density at radius 1 is 1.32 bits per heavy atom. The van der Waals surface area contributed by atoms with E-state index in [0.717, 1.165) is 18.4 Å². The SMILES string of the molecule is CCCc1ccccc1C1(OC(F)F)C=CC(C(=O)O)C=C1. The molecule has 0 saturated heterocycles. The van der Waals surface area contributed by atoms with E-state index in [1.54, 1.807) is 12.1 Å². The van der Waals surface area contributed by atoms with E-state index < -0.39 is 24.1 Å². The molecule has 1 aliphatic carbocycles. The van der Waals surface area contributed by atoms with E-state index in [1.807, 2.05) is 19.1 Å². The second-order valence-electron chi connectivity index (χ2n) is 5.16. The van der Waals surface area contributed by atoms with Gasteiger partial charge >= 0.3 is 12.6 Å². The van der Waals surface area contributed by atoms with Crippen molar-refractivity contribution in [3.05, 3.63) is 59.7 Å². The third kappa shape index (κ3) is 3.42. The Morgan fingerprint density at radius 2 is 1.95 bits per heavy atom. The zero-order valence-corrected chi connectivity index (χ0v) is 12.2. The van der Waals surface area contributed by atoms with Crippen molar-refractivity contribution in [2.24, 2.45) is 5.92 Å². The van der Waals surface area contributed by atoms with Gasteiger partial charge in [-0.15, -0.1) is 0 Å². The number of ether oxygens (including phenoxy) is 1. The van der Waals surface area contributed by atoms with Crippen LogP contribution in [-0.4, -0.2) is 17.7 Å². The highest BCUT2D eigenvalue weighted by Crippen LogP contribution is 2.37. The van der Waals surface area contributed by atoms with Gasteiger partial charge in [0.05, 0.1) is 5.92 Å². The summed E-state index contributed by atoms with van der Waals surface area (Å²) >= 11 is 0. The summed E-state index contributed by atoms with van der Waals surface area (Å²) in [4.78, 5) is 11.0. The van der Waals surface area contributed by atoms with Crippen LogP contribution in [0.3, 0.4) is 0 Å². The number of hydrogen-bond donors (Lipinski definition) is 1. The molecule has 0 heterocycles. The van der Waals surface area contributed by atoms with Gasteiger partial charge in [-0.25, -0.2) is 0 Å². The Kier molecular flexibility index (Phi) is 5.08. The molecule has 0 aliphatic heterocycles. The minimum absolute atomic E-state index is 0.619. The molecule has 3 nitrogen and oxygen atoms in total. The van der Waals surface area contributed by atoms with Crippen LogP contribution in [0.2, 0.25) is 0 Å². The molecular weight excluding hydrogens is 290 g/mol. The van der Waals surface area contributed by atoms with Crippen LogP contribution in [0.1, 0.15) is 24.5 Å². The maximum Gasteiger partial charge on any atom is 0.346 e. The number of halogens is 2. The average molecular weight is 308 g/mol. The fourth-order valence-electron chi connectivity index (χ4n) is 2.64. The summed E-state index contributed by atoms with van der Waals surface area (Å²) < 4.78 is 30.7. The zero-order chi connectivity index (χ0) is 16.2. The second-order valence-corrected chi connectivity index (χ2v) is 5.16. The third-order valence-corrected chi connectivity index (χ3v) is 3.63. The van der Waals surface area contributed by atoms with Crippen LogP contribution < -0.4 is 0 Å². The number of carboxylic acid groups (broad SMARTS) is 1. The zero-order valence-electron chi connectivity index (χ0n) is 12.2. The Balaban J connectivity index is 2.46. The third-order valence-electron chi connectivity index (χ3n) is 3.63. The monoisotopic (exact) mass is 308 g/mol. The Bertz CT molecular complexity index is 579. The summed E-state index contributed by atoms with van der Waals surface area (Å²) in [6.07, 6.45) is 7.18. The summed E-state index contributed by atoms with van der Waals surface area (Å²) in [5, 5.41) is 9.01. The number of hydrogen-bond acceptors (Lipinski definition) is 2. The van der Waals surface area contributed by atoms with Gasteiger partial charge in [0.1, 0.15) is 5.60 Å². The predicted molar refractivity (Wildman–Crippen MR) is 78.6 cm³/mol. The number of benzene rings is 1. The lowest BCUT2D eigenvalue weighted by Gasteiger charge is -2.32. The predicted octanol–water partition coefficient (Wildman–Crippen LogP) is 3.90. The van der Waals surface area contributed by atoms with Crippen LogP contribution in [0.5, 0.6) is 0 Å². The average Bonchev–Trinajstić information content (AvgIpc) is 2.48. The number of carboxylic acids is 1. The lowest BCUT2D eigenvalue weighted by molar-refractivity contribution is -0.180. The van der Waals surface area contributed by atoms with Crippen molar-refractivity contribution in [1.29, 1.82) is 0 Å². The molecule has 1 aromatic carbocycles. The lowest BCUT2D eigenvalue weighted by Crippen LogP contribution is -2.31. The smallest absolute Gasteiger partial charge is 0.346 e. The minimum atomic E-state index is -2.97. The first kappa shape index (κ1) is 16.4. The van der Waals surface area contributed by atoms with Crippen molar-refractivity contribution >= 4 is 5.97 Å². The molecule has 1 N–H and O–H groups in total. The highest BCUT2D eigenvalue weighted by atomic mass is 19.3. The maximum atomic E-state index is 12.9. The summed E-state index contributed by atoms with van der Waals surface area (Å²) in [7, 11) is 0. The first-order chi connectivity index (χ1) is 10.5. The van der Waals surface area contributed by atoms with Gasteiger partial charge in [-0.3, -0.25) is 4.79 Å². The highest BCUT2D eigenvalue weighted by molar-refractivity contribution is 5.75. The van der Waals surface area contributed by atoms with Crippen LogP contribution in [0.15, 0.2) is 48.6 Å². The van der Waals surface area contributed by atoms with Gasteiger partial charge in [0, 0.05) is 0 Å². The number of alkyl halides is 2. The van der Waals surface area contributed by atoms with Crippen molar-refractivity contribution in [2.75, 3.05) is 0 Å². The van der Waals surface area contributed by atoms with Gasteiger partial charge in [-0.05, 0) is 29.7 Å². The molecule has 1 aliphatic rings. The van der Waals surface area contributed by atoms with Gasteiger partial charge in [0.25, 0.3) is 0 Å². The first-order valence-corrected chi connectivity index (χ1v) is 7.14. The quantitative estimate of drug-likeness (QED) is 0.811. The number of aryl methyl sites for hydroxylation is 1. The van der Waals surface area contributed by atoms with Crippen LogP contribution in [0, 0.1) is 5.92 Å². The van der Waals surface area contributed by atoms with Gasteiger partial charge < -0.3 is 9.84 Å². The topological polar surface area (TPSA) is 46.5 Å². The van der Waals surface area contributed by atoms with E-state index in [2.05, 4.69) is 0 Å². The summed E-state index contributed by atoms with van der Waals surface area (Å²) in [6.45, 7) is -0.963. The Labute approximate surface area is 127 Å². The van der Waals surface area contributed by atoms with E-state index in [4.69, 9.17) is 9.84 Å². The van der Waals surface area contributed by atoms with Crippen LogP contribution in [-0.2, 0) is 21.6 Å². The largest absolute Gasteiger partial charge is 0.481 e. The Morgan fingerprint density at radius 3 is 2.50 bits per heavy atom. The van der Waals surface area contributed by atoms with Crippen LogP contribution in [0.25, 0.3) is 0 Å². The molecule has 118 valence electrons. The molecule has 0 aromatic heterocycles. The molecule has 0 saturated carbocycles. The second kappa shape index (κ2) is 6.83. The standard InChI is InChI=1S/C17H18F2O3/c1-2-5-12-6-3-4-7-14(12)17(22-16(18)19)10-8-13(9-11-17)15(20)21/h3-4,6-11,13,16H,2,5H2,1H3,(H,20,21). The maximum absolute atomic E-state index is 12.9. The molecule has 0 unspecified atom stereocenters. The van der Waals surface area contributed by atoms with Gasteiger partial charge in [0.15, 0.2) is 0 Å². The van der Waals surface area contributed by atoms with Gasteiger partial charge in [0.2, 0.25) is 0 Å². The van der Waals surface area contributed by atoms with Crippen LogP contribution >= 0.6 is 0 Å². The molecule has 0 radical (unpaired) electrons. The number of rotatable bonds is 6. The van der Waals surface area contributed by atoms with E-state index >= 15 is 0 Å². The number of carbonyl (C=O) groups is 1. The molecule has 1 aromatic rings. The van der Waals surface area contributed by atoms with E-state index in [-0.39, 0.29) is 0 Å². The summed E-state index contributed by atoms with van der Waals surface area (Å²) in [6, 6.07) is 7.22. The van der Waals surface area contributed by atoms with Gasteiger partial charge in [-0.2, -0.15) is 8.78 Å². The van der Waals surface area contributed by atoms with Crippen molar-refractivity contribution in [2.45, 2.75) is 32.0 Å². The fourth-order valence-corrected chi connectivity index (χ4v) is 2.64. The molecule has 0 fully saturated rings. The van der Waals surface area contributed by atoms with Crippen LogP contribution in [0.4, 0.5) is 8.78 Å². The van der Waals surface area contributed by atoms with E-state index in [0.29, 0.717) is 5.56 Å². The van der Waals surface area contributed by atoms with Crippen molar-refractivity contribution in [3.8, 4) is 0 Å². The molecule has 0 atom stereocenters. The molecule has 0 bridgehead atoms. The van der Waals surface area contributed by atoms with E-state index in [9.17, 15) is 13.6 Å². The minimum Gasteiger partial charge on any atom is -0.481 e. The summed E-state index contributed by atoms with van der Waals surface area (Å²) in [5.74, 6) is -1.85. The molecule has 2 rings (SSSR count). The molecule has 0 spiro atoms. The molecule has 5 heteroatoms. The molecular formula is C17H18F2O3. The first-order valence-electron chi connectivity index (χ1n) is 7.14. The van der Waals surface area contributed by atoms with Crippen molar-refractivity contribution in [1.82, 2.24) is 0 Å². The van der Waals surface area contributed by atoms with Crippen molar-refractivity contribution in [3.63, 3.8) is 0 Å². The molecule has 22 heavy (non-hydrogen) atoms. The number of aliphatic carboxylic acids is 1. The van der Waals surface area contributed by atoms with E-state index in [1.165, 1.54) is 24.3 Å². The molecule has 0 amide bonds. The fraction of sp³-hybridized carbons (Fsp3) is 0.353. The van der Waals surface area contributed by atoms with Gasteiger partial charge in [-0.1, -0.05) is 49.8 Å². The van der Waals surface area contributed by atoms with Crippen molar-refractivity contribution < 1.29 is 23.4 Å². The Hall–Kier alpha value is -2.01. The normalized spacial score (nSPS) is 23.9. The highest BCUT2D eigenvalue weighted by Gasteiger charge is 2.36. The lowest BCUT2D eigenvalue weighted by atomic mass is 9.83. The summed E-state index contributed by atoms with van der Waals surface area (Å²) in [5.41, 5.74) is 0.105.